The average molecular weight is 326 g/mol. The Balaban J connectivity index is 1.71. The molecule has 0 saturated heterocycles. The fraction of sp³-hybridized carbons (Fsp3) is 0.579. The van der Waals surface area contributed by atoms with Gasteiger partial charge in [0.1, 0.15) is 11.5 Å². The summed E-state index contributed by atoms with van der Waals surface area (Å²) in [5.41, 5.74) is 3.63. The van der Waals surface area contributed by atoms with Crippen LogP contribution in [-0.4, -0.2) is 27.4 Å². The molecule has 0 aromatic carbocycles. The minimum absolute atomic E-state index is 0.355. The smallest absolute Gasteiger partial charge is 0.215 e. The number of pyridine rings is 1. The van der Waals surface area contributed by atoms with Gasteiger partial charge in [-0.2, -0.15) is 5.10 Å². The number of nitrogens with zero attached hydrogens (tertiary/aromatic N) is 3. The number of rotatable bonds is 4. The highest BCUT2D eigenvalue weighted by molar-refractivity contribution is 5.67. The zero-order chi connectivity index (χ0) is 16.9. The fourth-order valence-electron chi connectivity index (χ4n) is 3.43. The minimum Gasteiger partial charge on any atom is -0.477 e. The normalized spacial score (nSPS) is 17.9. The molecule has 0 atom stereocenters. The monoisotopic (exact) mass is 326 g/mol. The molecular weight excluding hydrogens is 300 g/mol. The second kappa shape index (κ2) is 5.50. The average Bonchev–Trinajstić information content (AvgIpc) is 3.16. The summed E-state index contributed by atoms with van der Waals surface area (Å²) in [4.78, 5) is 4.54. The molecule has 3 heterocycles. The van der Waals surface area contributed by atoms with Gasteiger partial charge >= 0.3 is 0 Å². The topological polar surface area (TPSA) is 52.0 Å². The number of ether oxygens (including phenoxy) is 1. The second-order valence-electron chi connectivity index (χ2n) is 7.90. The summed E-state index contributed by atoms with van der Waals surface area (Å²) in [5, 5.41) is 8.23. The Hall–Kier alpha value is -2.04. The summed E-state index contributed by atoms with van der Waals surface area (Å²) in [6, 6.07) is 4.50. The summed E-state index contributed by atoms with van der Waals surface area (Å²) < 4.78 is 8.22. The van der Waals surface area contributed by atoms with Crippen LogP contribution in [0, 0.1) is 5.41 Å². The lowest BCUT2D eigenvalue weighted by Crippen LogP contribution is -2.27. The van der Waals surface area contributed by atoms with Gasteiger partial charge in [0.25, 0.3) is 0 Å². The van der Waals surface area contributed by atoms with Crippen molar-refractivity contribution in [2.75, 3.05) is 11.9 Å². The number of anilines is 1. The van der Waals surface area contributed by atoms with E-state index in [2.05, 4.69) is 48.7 Å². The third-order valence-electron chi connectivity index (χ3n) is 4.95. The molecule has 5 nitrogen and oxygen atoms in total. The molecule has 4 rings (SSSR count). The lowest BCUT2D eigenvalue weighted by Gasteiger charge is -2.24. The molecule has 1 saturated carbocycles. The van der Waals surface area contributed by atoms with Gasteiger partial charge in [0.15, 0.2) is 0 Å². The lowest BCUT2D eigenvalue weighted by atomic mass is 9.99. The van der Waals surface area contributed by atoms with Crippen molar-refractivity contribution in [2.45, 2.75) is 59.0 Å². The maximum Gasteiger partial charge on any atom is 0.215 e. The first-order chi connectivity index (χ1) is 11.5. The first kappa shape index (κ1) is 15.5. The van der Waals surface area contributed by atoms with Crippen LogP contribution < -0.4 is 10.1 Å². The third-order valence-corrected chi connectivity index (χ3v) is 4.95. The van der Waals surface area contributed by atoms with Crippen molar-refractivity contribution in [3.63, 3.8) is 0 Å². The van der Waals surface area contributed by atoms with Crippen LogP contribution in [0.15, 0.2) is 18.3 Å². The Bertz CT molecular complexity index is 741. The molecule has 0 amide bonds. The maximum atomic E-state index is 6.14. The largest absolute Gasteiger partial charge is 0.477 e. The summed E-state index contributed by atoms with van der Waals surface area (Å²) in [5.74, 6) is 2.23. The Labute approximate surface area is 143 Å². The Kier molecular flexibility index (Phi) is 3.55. The molecule has 2 aromatic heterocycles. The molecular formula is C19H26N4O. The maximum absolute atomic E-state index is 6.14. The van der Waals surface area contributed by atoms with Crippen molar-refractivity contribution in [1.29, 1.82) is 0 Å². The van der Waals surface area contributed by atoms with Crippen LogP contribution in [0.5, 0.6) is 5.88 Å². The Morgan fingerprint density at radius 3 is 2.58 bits per heavy atom. The van der Waals surface area contributed by atoms with E-state index in [0.717, 1.165) is 36.1 Å². The van der Waals surface area contributed by atoms with Crippen molar-refractivity contribution in [3.05, 3.63) is 23.9 Å². The van der Waals surface area contributed by atoms with Gasteiger partial charge in [-0.05, 0) is 44.7 Å². The molecule has 128 valence electrons. The number of aromatic nitrogens is 3. The predicted molar refractivity (Wildman–Crippen MR) is 95.5 cm³/mol. The zero-order valence-electron chi connectivity index (χ0n) is 15.0. The highest BCUT2D eigenvalue weighted by Gasteiger charge is 2.48. The molecule has 0 unspecified atom stereocenters. The first-order valence-corrected chi connectivity index (χ1v) is 8.94. The van der Waals surface area contributed by atoms with E-state index in [9.17, 15) is 0 Å². The van der Waals surface area contributed by atoms with E-state index in [4.69, 9.17) is 9.84 Å². The number of nitrogens with one attached hydrogen (secondary N) is 1. The first-order valence-electron chi connectivity index (χ1n) is 8.94. The van der Waals surface area contributed by atoms with Crippen LogP contribution in [0.4, 0.5) is 5.82 Å². The molecule has 1 spiro atoms. The van der Waals surface area contributed by atoms with E-state index in [0.29, 0.717) is 17.4 Å². The summed E-state index contributed by atoms with van der Waals surface area (Å²) in [7, 11) is 0. The van der Waals surface area contributed by atoms with Crippen LogP contribution in [0.1, 0.15) is 52.0 Å². The van der Waals surface area contributed by atoms with Crippen LogP contribution >= 0.6 is 0 Å². The van der Waals surface area contributed by atoms with E-state index in [1.54, 1.807) is 0 Å². The van der Waals surface area contributed by atoms with E-state index >= 15 is 0 Å². The molecule has 1 fully saturated rings. The summed E-state index contributed by atoms with van der Waals surface area (Å²) in [6.45, 7) is 10.5. The van der Waals surface area contributed by atoms with Gasteiger partial charge in [0, 0.05) is 28.8 Å². The number of fused-ring (bicyclic) bond motifs is 1. The van der Waals surface area contributed by atoms with Crippen LogP contribution in [-0.2, 0) is 6.54 Å². The van der Waals surface area contributed by atoms with Gasteiger partial charge in [-0.25, -0.2) is 9.67 Å². The molecule has 2 aromatic rings. The van der Waals surface area contributed by atoms with Gasteiger partial charge in [-0.1, -0.05) is 13.8 Å². The quantitative estimate of drug-likeness (QED) is 0.920. The predicted octanol–water partition coefficient (Wildman–Crippen LogP) is 4.06. The van der Waals surface area contributed by atoms with Gasteiger partial charge in [0.2, 0.25) is 5.88 Å². The van der Waals surface area contributed by atoms with Gasteiger partial charge in [-0.15, -0.1) is 0 Å². The van der Waals surface area contributed by atoms with Crippen LogP contribution in [0.25, 0.3) is 11.3 Å². The number of hydrogen-bond acceptors (Lipinski definition) is 4. The van der Waals surface area contributed by atoms with E-state index < -0.39 is 0 Å². The van der Waals surface area contributed by atoms with Crippen molar-refractivity contribution in [2.24, 2.45) is 5.41 Å². The SMILES string of the molecule is CC(C)Nc1ccc(-c2nn3c(c2C(C)C)OCC2(CC2)C3)cn1. The Morgan fingerprint density at radius 1 is 1.21 bits per heavy atom. The molecule has 0 bridgehead atoms. The molecule has 2 aliphatic rings. The second-order valence-corrected chi connectivity index (χ2v) is 7.90. The van der Waals surface area contributed by atoms with Crippen molar-refractivity contribution >= 4 is 5.82 Å². The molecule has 5 heteroatoms. The molecule has 1 aliphatic carbocycles. The van der Waals surface area contributed by atoms with Crippen LogP contribution in [0.3, 0.4) is 0 Å². The van der Waals surface area contributed by atoms with Gasteiger partial charge < -0.3 is 10.1 Å². The lowest BCUT2D eigenvalue weighted by molar-refractivity contribution is 0.147. The third kappa shape index (κ3) is 2.66. The number of hydrogen-bond donors (Lipinski definition) is 1. The molecule has 1 N–H and O–H groups in total. The highest BCUT2D eigenvalue weighted by Crippen LogP contribution is 2.51. The standard InChI is InChI=1S/C19H26N4O/c1-12(2)16-17(14-5-6-15(20-9-14)21-13(3)4)22-23-10-19(7-8-19)11-24-18(16)23/h5-6,9,12-13H,7-8,10-11H2,1-4H3,(H,20,21). The van der Waals surface area contributed by atoms with Crippen molar-refractivity contribution < 1.29 is 4.74 Å². The zero-order valence-corrected chi connectivity index (χ0v) is 15.0. The van der Waals surface area contributed by atoms with E-state index in [1.807, 2.05) is 12.3 Å². The van der Waals surface area contributed by atoms with Crippen molar-refractivity contribution in [3.8, 4) is 17.1 Å². The van der Waals surface area contributed by atoms with E-state index in [1.165, 1.54) is 18.4 Å². The summed E-state index contributed by atoms with van der Waals surface area (Å²) >= 11 is 0. The highest BCUT2D eigenvalue weighted by atomic mass is 16.5. The molecule has 1 aliphatic heterocycles. The fourth-order valence-corrected chi connectivity index (χ4v) is 3.43. The van der Waals surface area contributed by atoms with Gasteiger partial charge in [-0.3, -0.25) is 0 Å². The Morgan fingerprint density at radius 2 is 2.00 bits per heavy atom. The van der Waals surface area contributed by atoms with Crippen LogP contribution in [0.2, 0.25) is 0 Å². The molecule has 0 radical (unpaired) electrons. The summed E-state index contributed by atoms with van der Waals surface area (Å²) in [6.07, 6.45) is 4.43. The van der Waals surface area contributed by atoms with Crippen molar-refractivity contribution in [1.82, 2.24) is 14.8 Å². The minimum atomic E-state index is 0.355. The van der Waals surface area contributed by atoms with E-state index in [-0.39, 0.29) is 0 Å². The molecule has 24 heavy (non-hydrogen) atoms. The van der Waals surface area contributed by atoms with Gasteiger partial charge in [0.05, 0.1) is 13.2 Å².